The Kier molecular flexibility index (Phi) is 4.76. The molecule has 0 aliphatic rings. The van der Waals surface area contributed by atoms with E-state index in [0.717, 1.165) is 4.47 Å². The molecule has 16 heavy (non-hydrogen) atoms. The third-order valence-corrected chi connectivity index (χ3v) is 2.58. The third-order valence-electron chi connectivity index (χ3n) is 2.09. The summed E-state index contributed by atoms with van der Waals surface area (Å²) in [5.41, 5.74) is 5.83. The van der Waals surface area contributed by atoms with Crippen LogP contribution in [0.15, 0.2) is 22.7 Å². The van der Waals surface area contributed by atoms with Gasteiger partial charge in [0, 0.05) is 17.1 Å². The van der Waals surface area contributed by atoms with Crippen LogP contribution in [0.2, 0.25) is 0 Å². The Labute approximate surface area is 103 Å². The molecule has 1 atom stereocenters. The fraction of sp³-hybridized carbons (Fsp3) is 0.364. The van der Waals surface area contributed by atoms with E-state index in [4.69, 9.17) is 5.73 Å². The lowest BCUT2D eigenvalue weighted by Gasteiger charge is -2.08. The molecule has 1 amide bonds. The molecule has 0 bridgehead atoms. The molecule has 0 spiro atoms. The number of hydrogen-bond acceptors (Lipinski definition) is 3. The average Bonchev–Trinajstić information content (AvgIpc) is 2.16. The fourth-order valence-electron chi connectivity index (χ4n) is 1.21. The zero-order valence-electron chi connectivity index (χ0n) is 9.03. The van der Waals surface area contributed by atoms with Crippen LogP contribution in [-0.4, -0.2) is 23.6 Å². The number of carbonyl (C=O) groups is 1. The number of aromatic hydroxyl groups is 1. The molecule has 5 heteroatoms. The van der Waals surface area contributed by atoms with E-state index < -0.39 is 0 Å². The van der Waals surface area contributed by atoms with Gasteiger partial charge in [-0.15, -0.1) is 0 Å². The van der Waals surface area contributed by atoms with Gasteiger partial charge in [0.1, 0.15) is 5.75 Å². The van der Waals surface area contributed by atoms with E-state index in [0.29, 0.717) is 13.0 Å². The maximum absolute atomic E-state index is 11.6. The van der Waals surface area contributed by atoms with Crippen LogP contribution < -0.4 is 11.1 Å². The van der Waals surface area contributed by atoms with Crippen molar-refractivity contribution in [2.75, 3.05) is 6.54 Å². The Morgan fingerprint density at radius 2 is 2.31 bits per heavy atom. The van der Waals surface area contributed by atoms with Gasteiger partial charge in [0.25, 0.3) is 5.91 Å². The number of phenols is 1. The molecule has 0 saturated heterocycles. The van der Waals surface area contributed by atoms with Crippen molar-refractivity contribution in [1.82, 2.24) is 5.32 Å². The molecular formula is C11H15BrN2O2. The molecule has 1 aromatic carbocycles. The zero-order chi connectivity index (χ0) is 12.1. The van der Waals surface area contributed by atoms with Crippen LogP contribution in [0.3, 0.4) is 0 Å². The summed E-state index contributed by atoms with van der Waals surface area (Å²) in [7, 11) is 0. The van der Waals surface area contributed by atoms with E-state index in [9.17, 15) is 9.90 Å². The second kappa shape index (κ2) is 5.86. The van der Waals surface area contributed by atoms with Crippen molar-refractivity contribution in [3.8, 4) is 5.75 Å². The quantitative estimate of drug-likeness (QED) is 0.787. The van der Waals surface area contributed by atoms with E-state index in [1.807, 2.05) is 6.92 Å². The van der Waals surface area contributed by atoms with Gasteiger partial charge in [-0.1, -0.05) is 15.9 Å². The highest BCUT2D eigenvalue weighted by atomic mass is 79.9. The minimum Gasteiger partial charge on any atom is -0.507 e. The number of benzene rings is 1. The molecule has 0 fully saturated rings. The Balaban J connectivity index is 2.59. The van der Waals surface area contributed by atoms with Gasteiger partial charge in [-0.25, -0.2) is 0 Å². The predicted octanol–water partition coefficient (Wildman–Crippen LogP) is 1.62. The Morgan fingerprint density at radius 1 is 1.62 bits per heavy atom. The topological polar surface area (TPSA) is 75.3 Å². The van der Waals surface area contributed by atoms with Crippen LogP contribution in [0, 0.1) is 0 Å². The Morgan fingerprint density at radius 3 is 2.88 bits per heavy atom. The summed E-state index contributed by atoms with van der Waals surface area (Å²) in [6, 6.07) is 4.82. The van der Waals surface area contributed by atoms with Crippen LogP contribution in [0.25, 0.3) is 0 Å². The van der Waals surface area contributed by atoms with Gasteiger partial charge in [0.2, 0.25) is 0 Å². The predicted molar refractivity (Wildman–Crippen MR) is 66.4 cm³/mol. The summed E-state index contributed by atoms with van der Waals surface area (Å²) in [6.45, 7) is 2.38. The number of carbonyl (C=O) groups excluding carboxylic acids is 1. The van der Waals surface area contributed by atoms with Gasteiger partial charge in [-0.3, -0.25) is 4.79 Å². The number of halogens is 1. The van der Waals surface area contributed by atoms with E-state index in [2.05, 4.69) is 21.2 Å². The average molecular weight is 287 g/mol. The lowest BCUT2D eigenvalue weighted by molar-refractivity contribution is 0.0950. The van der Waals surface area contributed by atoms with Crippen molar-refractivity contribution in [3.63, 3.8) is 0 Å². The second-order valence-corrected chi connectivity index (χ2v) is 4.60. The molecule has 0 heterocycles. The third kappa shape index (κ3) is 3.83. The minimum atomic E-state index is -0.286. The number of phenolic OH excluding ortho intramolecular Hbond substituents is 1. The molecule has 88 valence electrons. The summed E-state index contributed by atoms with van der Waals surface area (Å²) < 4.78 is 0.733. The first kappa shape index (κ1) is 13.0. The summed E-state index contributed by atoms with van der Waals surface area (Å²) in [6.07, 6.45) is 0.711. The van der Waals surface area contributed by atoms with Gasteiger partial charge >= 0.3 is 0 Å². The highest BCUT2D eigenvalue weighted by Crippen LogP contribution is 2.21. The van der Waals surface area contributed by atoms with Gasteiger partial charge in [0.15, 0.2) is 0 Å². The Bertz CT molecular complexity index is 380. The smallest absolute Gasteiger partial charge is 0.255 e. The second-order valence-electron chi connectivity index (χ2n) is 3.68. The van der Waals surface area contributed by atoms with E-state index in [-0.39, 0.29) is 23.3 Å². The molecule has 4 nitrogen and oxygen atoms in total. The van der Waals surface area contributed by atoms with Gasteiger partial charge < -0.3 is 16.2 Å². The summed E-state index contributed by atoms with van der Waals surface area (Å²) in [4.78, 5) is 11.6. The first-order chi connectivity index (χ1) is 7.50. The van der Waals surface area contributed by atoms with Crippen molar-refractivity contribution in [2.45, 2.75) is 19.4 Å². The van der Waals surface area contributed by atoms with Crippen LogP contribution in [-0.2, 0) is 0 Å². The lowest BCUT2D eigenvalue weighted by Crippen LogP contribution is -2.28. The maximum Gasteiger partial charge on any atom is 0.255 e. The van der Waals surface area contributed by atoms with Crippen LogP contribution in [0.1, 0.15) is 23.7 Å². The molecule has 0 radical (unpaired) electrons. The number of hydrogen-bond donors (Lipinski definition) is 3. The van der Waals surface area contributed by atoms with Crippen LogP contribution >= 0.6 is 15.9 Å². The highest BCUT2D eigenvalue weighted by molar-refractivity contribution is 9.10. The number of rotatable bonds is 4. The number of amides is 1. The van der Waals surface area contributed by atoms with E-state index >= 15 is 0 Å². The van der Waals surface area contributed by atoms with Crippen LogP contribution in [0.4, 0.5) is 0 Å². The van der Waals surface area contributed by atoms with Gasteiger partial charge in [-0.05, 0) is 31.5 Å². The number of nitrogens with one attached hydrogen (secondary N) is 1. The van der Waals surface area contributed by atoms with Crippen LogP contribution in [0.5, 0.6) is 5.75 Å². The molecule has 1 rings (SSSR count). The van der Waals surface area contributed by atoms with Crippen molar-refractivity contribution in [3.05, 3.63) is 28.2 Å². The highest BCUT2D eigenvalue weighted by Gasteiger charge is 2.10. The molecule has 0 aromatic heterocycles. The van der Waals surface area contributed by atoms with E-state index in [1.165, 1.54) is 6.07 Å². The molecule has 0 aliphatic carbocycles. The summed E-state index contributed by atoms with van der Waals surface area (Å²) in [5, 5.41) is 12.3. The van der Waals surface area contributed by atoms with Crippen molar-refractivity contribution < 1.29 is 9.90 Å². The molecule has 0 saturated carbocycles. The number of nitrogens with two attached hydrogens (primary N) is 1. The zero-order valence-corrected chi connectivity index (χ0v) is 10.6. The lowest BCUT2D eigenvalue weighted by atomic mass is 10.2. The SMILES string of the molecule is CC(N)CCNC(=O)c1ccc(Br)cc1O. The normalized spacial score (nSPS) is 12.2. The summed E-state index contributed by atoms with van der Waals surface area (Å²) in [5.74, 6) is -0.321. The fourth-order valence-corrected chi connectivity index (χ4v) is 1.55. The molecule has 1 unspecified atom stereocenters. The first-order valence-corrected chi connectivity index (χ1v) is 5.82. The van der Waals surface area contributed by atoms with Crippen molar-refractivity contribution in [2.24, 2.45) is 5.73 Å². The largest absolute Gasteiger partial charge is 0.507 e. The Hall–Kier alpha value is -1.07. The molecule has 1 aromatic rings. The van der Waals surface area contributed by atoms with Gasteiger partial charge in [0.05, 0.1) is 5.56 Å². The molecule has 4 N–H and O–H groups in total. The summed E-state index contributed by atoms with van der Waals surface area (Å²) >= 11 is 3.21. The maximum atomic E-state index is 11.6. The molecule has 0 aliphatic heterocycles. The van der Waals surface area contributed by atoms with Crippen molar-refractivity contribution in [1.29, 1.82) is 0 Å². The van der Waals surface area contributed by atoms with Gasteiger partial charge in [-0.2, -0.15) is 0 Å². The monoisotopic (exact) mass is 286 g/mol. The van der Waals surface area contributed by atoms with E-state index in [1.54, 1.807) is 12.1 Å². The standard InChI is InChI=1S/C11H15BrN2O2/c1-7(13)4-5-14-11(16)9-3-2-8(12)6-10(9)15/h2-3,6-7,15H,4-5,13H2,1H3,(H,14,16). The van der Waals surface area contributed by atoms with Crippen molar-refractivity contribution >= 4 is 21.8 Å². The first-order valence-electron chi connectivity index (χ1n) is 5.03. The molecular weight excluding hydrogens is 272 g/mol. The minimum absolute atomic E-state index is 0.0346.